The molecule has 1 aromatic rings. The van der Waals surface area contributed by atoms with Gasteiger partial charge in [-0.05, 0) is 30.5 Å². The number of benzene rings is 1. The number of phenols is 1. The van der Waals surface area contributed by atoms with Crippen LogP contribution in [0.3, 0.4) is 0 Å². The molecule has 1 heterocycles. The second-order valence-corrected chi connectivity index (χ2v) is 4.42. The van der Waals surface area contributed by atoms with E-state index in [-0.39, 0.29) is 5.41 Å². The maximum atomic E-state index is 9.50. The van der Waals surface area contributed by atoms with Crippen LogP contribution in [0.15, 0.2) is 24.3 Å². The van der Waals surface area contributed by atoms with Gasteiger partial charge in [-0.3, -0.25) is 0 Å². The van der Waals surface area contributed by atoms with Gasteiger partial charge in [-0.2, -0.15) is 12.6 Å². The Morgan fingerprint density at radius 1 is 1.33 bits per heavy atom. The summed E-state index contributed by atoms with van der Waals surface area (Å²) in [5.41, 5.74) is 1.26. The molecule has 2 nitrogen and oxygen atoms in total. The van der Waals surface area contributed by atoms with Crippen molar-refractivity contribution < 1.29 is 9.84 Å². The molecular weight excluding hydrogens is 208 g/mol. The van der Waals surface area contributed by atoms with E-state index in [9.17, 15) is 5.11 Å². The third-order valence-corrected chi connectivity index (χ3v) is 3.82. The molecule has 1 N–H and O–H groups in total. The molecule has 0 aromatic heterocycles. The van der Waals surface area contributed by atoms with Crippen LogP contribution in [0.25, 0.3) is 0 Å². The highest BCUT2D eigenvalue weighted by Crippen LogP contribution is 2.36. The zero-order chi connectivity index (χ0) is 10.7. The Labute approximate surface area is 95.7 Å². The standard InChI is InChI=1S/C12H16O2S/c13-11-3-1-2-10(8-11)12(9-15)4-6-14-7-5-12/h1-3,8,13,15H,4-7,9H2. The van der Waals surface area contributed by atoms with Crippen molar-refractivity contribution in [1.82, 2.24) is 0 Å². The summed E-state index contributed by atoms with van der Waals surface area (Å²) in [5.74, 6) is 1.14. The second kappa shape index (κ2) is 4.45. The summed E-state index contributed by atoms with van der Waals surface area (Å²) in [6.45, 7) is 1.58. The molecule has 1 aromatic carbocycles. The normalized spacial score (nSPS) is 20.1. The van der Waals surface area contributed by atoms with E-state index >= 15 is 0 Å². The molecule has 0 radical (unpaired) electrons. The maximum Gasteiger partial charge on any atom is 0.115 e. The molecular formula is C12H16O2S. The van der Waals surface area contributed by atoms with Gasteiger partial charge in [-0.25, -0.2) is 0 Å². The number of rotatable bonds is 2. The van der Waals surface area contributed by atoms with Crippen LogP contribution < -0.4 is 0 Å². The lowest BCUT2D eigenvalue weighted by Crippen LogP contribution is -2.35. The Hall–Kier alpha value is -0.670. The Morgan fingerprint density at radius 3 is 2.67 bits per heavy atom. The first-order valence-corrected chi connectivity index (χ1v) is 5.88. The molecule has 1 fully saturated rings. The molecule has 1 aliphatic rings. The molecule has 82 valence electrons. The fourth-order valence-corrected chi connectivity index (χ4v) is 2.63. The van der Waals surface area contributed by atoms with Gasteiger partial charge in [0, 0.05) is 24.4 Å². The van der Waals surface area contributed by atoms with Gasteiger partial charge in [0.15, 0.2) is 0 Å². The van der Waals surface area contributed by atoms with E-state index in [4.69, 9.17) is 4.74 Å². The zero-order valence-corrected chi connectivity index (χ0v) is 9.54. The summed E-state index contributed by atoms with van der Waals surface area (Å²) >= 11 is 4.46. The van der Waals surface area contributed by atoms with Crippen molar-refractivity contribution in [3.8, 4) is 5.75 Å². The van der Waals surface area contributed by atoms with Gasteiger partial charge in [0.25, 0.3) is 0 Å². The van der Waals surface area contributed by atoms with Crippen molar-refractivity contribution in [1.29, 1.82) is 0 Å². The molecule has 0 saturated carbocycles. The summed E-state index contributed by atoms with van der Waals surface area (Å²) < 4.78 is 5.38. The van der Waals surface area contributed by atoms with Crippen molar-refractivity contribution in [3.05, 3.63) is 29.8 Å². The highest BCUT2D eigenvalue weighted by atomic mass is 32.1. The molecule has 1 aliphatic heterocycles. The summed E-state index contributed by atoms with van der Waals surface area (Å²) in [6, 6.07) is 7.52. The van der Waals surface area contributed by atoms with Crippen molar-refractivity contribution in [2.45, 2.75) is 18.3 Å². The van der Waals surface area contributed by atoms with Crippen LogP contribution in [0, 0.1) is 0 Å². The van der Waals surface area contributed by atoms with Crippen LogP contribution in [0.2, 0.25) is 0 Å². The van der Waals surface area contributed by atoms with E-state index in [1.807, 2.05) is 12.1 Å². The average Bonchev–Trinajstić information content (AvgIpc) is 2.30. The Morgan fingerprint density at radius 2 is 2.07 bits per heavy atom. The van der Waals surface area contributed by atoms with Crippen LogP contribution in [0.4, 0.5) is 0 Å². The highest BCUT2D eigenvalue weighted by molar-refractivity contribution is 7.80. The number of hydrogen-bond donors (Lipinski definition) is 2. The maximum absolute atomic E-state index is 9.50. The van der Waals surface area contributed by atoms with Crippen LogP contribution >= 0.6 is 12.6 Å². The third kappa shape index (κ3) is 2.13. The zero-order valence-electron chi connectivity index (χ0n) is 8.65. The van der Waals surface area contributed by atoms with E-state index in [0.29, 0.717) is 5.75 Å². The minimum atomic E-state index is 0.0834. The molecule has 3 heteroatoms. The summed E-state index contributed by atoms with van der Waals surface area (Å²) in [6.07, 6.45) is 1.97. The molecule has 0 amide bonds. The van der Waals surface area contributed by atoms with Crippen molar-refractivity contribution in [2.24, 2.45) is 0 Å². The lowest BCUT2D eigenvalue weighted by atomic mass is 9.76. The Kier molecular flexibility index (Phi) is 3.22. The average molecular weight is 224 g/mol. The quantitative estimate of drug-likeness (QED) is 0.755. The molecule has 15 heavy (non-hydrogen) atoms. The number of hydrogen-bond acceptors (Lipinski definition) is 3. The van der Waals surface area contributed by atoms with Gasteiger partial charge in [0.2, 0.25) is 0 Å². The first-order chi connectivity index (χ1) is 7.27. The van der Waals surface area contributed by atoms with Crippen molar-refractivity contribution >= 4 is 12.6 Å². The predicted octanol–water partition coefficient (Wildman–Crippen LogP) is 2.37. The van der Waals surface area contributed by atoms with Gasteiger partial charge in [-0.15, -0.1) is 0 Å². The fourth-order valence-electron chi connectivity index (χ4n) is 2.14. The lowest BCUT2D eigenvalue weighted by molar-refractivity contribution is 0.0580. The largest absolute Gasteiger partial charge is 0.508 e. The number of phenolic OH excluding ortho intramolecular Hbond substituents is 1. The van der Waals surface area contributed by atoms with Crippen molar-refractivity contribution in [2.75, 3.05) is 19.0 Å². The summed E-state index contributed by atoms with van der Waals surface area (Å²) in [7, 11) is 0. The minimum Gasteiger partial charge on any atom is -0.508 e. The number of ether oxygens (including phenoxy) is 1. The Balaban J connectivity index is 2.32. The molecule has 0 bridgehead atoms. The summed E-state index contributed by atoms with van der Waals surface area (Å²) in [5, 5.41) is 9.50. The molecule has 2 rings (SSSR count). The smallest absolute Gasteiger partial charge is 0.115 e. The van der Waals surface area contributed by atoms with Gasteiger partial charge in [0.05, 0.1) is 0 Å². The third-order valence-electron chi connectivity index (χ3n) is 3.21. The molecule has 1 saturated heterocycles. The fraction of sp³-hybridized carbons (Fsp3) is 0.500. The van der Waals surface area contributed by atoms with Crippen LogP contribution in [-0.4, -0.2) is 24.1 Å². The first kappa shape index (κ1) is 10.8. The van der Waals surface area contributed by atoms with Gasteiger partial charge in [0.1, 0.15) is 5.75 Å². The SMILES string of the molecule is Oc1cccc(C2(CS)CCOCC2)c1. The van der Waals surface area contributed by atoms with Crippen LogP contribution in [0.1, 0.15) is 18.4 Å². The lowest BCUT2D eigenvalue weighted by Gasteiger charge is -2.36. The van der Waals surface area contributed by atoms with Crippen LogP contribution in [-0.2, 0) is 10.2 Å². The first-order valence-electron chi connectivity index (χ1n) is 5.25. The molecule has 0 aliphatic carbocycles. The topological polar surface area (TPSA) is 29.5 Å². The van der Waals surface area contributed by atoms with Crippen LogP contribution in [0.5, 0.6) is 5.75 Å². The Bertz CT molecular complexity index is 332. The monoisotopic (exact) mass is 224 g/mol. The molecule has 0 atom stereocenters. The van der Waals surface area contributed by atoms with E-state index in [0.717, 1.165) is 31.8 Å². The second-order valence-electron chi connectivity index (χ2n) is 4.10. The number of thiol groups is 1. The van der Waals surface area contributed by atoms with Gasteiger partial charge >= 0.3 is 0 Å². The predicted molar refractivity (Wildman–Crippen MR) is 63.7 cm³/mol. The number of aromatic hydroxyl groups is 1. The highest BCUT2D eigenvalue weighted by Gasteiger charge is 2.33. The van der Waals surface area contributed by atoms with Crippen molar-refractivity contribution in [3.63, 3.8) is 0 Å². The van der Waals surface area contributed by atoms with Gasteiger partial charge in [-0.1, -0.05) is 12.1 Å². The molecule has 0 unspecified atom stereocenters. The van der Waals surface area contributed by atoms with E-state index in [2.05, 4.69) is 18.7 Å². The van der Waals surface area contributed by atoms with Gasteiger partial charge < -0.3 is 9.84 Å². The minimum absolute atomic E-state index is 0.0834. The van der Waals surface area contributed by atoms with E-state index in [1.54, 1.807) is 6.07 Å². The van der Waals surface area contributed by atoms with E-state index < -0.39 is 0 Å². The molecule has 0 spiro atoms. The summed E-state index contributed by atoms with van der Waals surface area (Å²) in [4.78, 5) is 0. The van der Waals surface area contributed by atoms with E-state index in [1.165, 1.54) is 5.56 Å².